The highest BCUT2D eigenvalue weighted by atomic mass is 35.5. The molecule has 3 fully saturated rings. The van der Waals surface area contributed by atoms with E-state index in [-0.39, 0.29) is 74.4 Å². The topological polar surface area (TPSA) is 279 Å². The van der Waals surface area contributed by atoms with Crippen molar-refractivity contribution >= 4 is 63.6 Å². The van der Waals surface area contributed by atoms with Crippen LogP contribution in [-0.4, -0.2) is 150 Å². The number of amides is 3. The largest absolute Gasteiger partial charge is 0.459 e. The fraction of sp³-hybridized carbons (Fsp3) is 0.462. The molecule has 6 aromatic rings. The monoisotopic (exact) mass is 1550 g/mol. The summed E-state index contributed by atoms with van der Waals surface area (Å²) in [5.41, 5.74) is 15.4. The zero-order valence-corrected chi connectivity index (χ0v) is 62.0. The van der Waals surface area contributed by atoms with E-state index in [0.29, 0.717) is 79.1 Å². The standard InChI is InChI=1S/C26H31F3N4O3.C24H25F3N2O4.C20H21F3N2O.C4H5ClO3.C4H12N2/c1-33(2)13-12-30-24(34)25(35)31-15-18-9-10-19-22(16-6-4-3-5-7-16)32-21-11-8-17(26(27,28)29)14-20(21)23(19)36-18;1-2-32-23(31)22(30)28-13-16-9-10-17-20(14-6-4-3-5-7-14)29-19-11-8-15(24(25,26)27)12-18(19)21(17)33-16;21-20(22,23)13-6-9-17-16(10-13)19-15(8-7-14(11-24)26-19)18(25-17)12-4-2-1-3-5-12;1-2-8-4(7)3(5)6;1-6(2)4-3-5/h3-8,11,14,18-19,22-23,32H,9-10,12-13,15H2,1-2H3,(H,30,34)(H,31,35);3-8,11-12,16-17,20-21,29H,2,9-10,13H2,1H3,(H,28,30);1-6,9-10,14-15,18-19,25H,7-8,11,24H2;2H2,1H3;3-5H2,1-2H3/t18-,19+,22+,23+;16-,17+,20+,21+;14-,15+,18+,19+;;/m111../s1. The molecular weight excluding hydrogens is 1460 g/mol. The summed E-state index contributed by atoms with van der Waals surface area (Å²) in [4.78, 5) is 71.5. The van der Waals surface area contributed by atoms with Gasteiger partial charge in [0.15, 0.2) is 0 Å². The molecule has 6 aromatic carbocycles. The predicted octanol–water partition coefficient (Wildman–Crippen LogP) is 12.4. The van der Waals surface area contributed by atoms with Gasteiger partial charge in [-0.3, -0.25) is 19.2 Å². The molecule has 592 valence electrons. The van der Waals surface area contributed by atoms with Crippen LogP contribution in [0.3, 0.4) is 0 Å². The first-order valence-electron chi connectivity index (χ1n) is 35.9. The summed E-state index contributed by atoms with van der Waals surface area (Å²) in [6, 6.07) is 40.4. The highest BCUT2D eigenvalue weighted by molar-refractivity contribution is 6.80. The summed E-state index contributed by atoms with van der Waals surface area (Å²) in [6.07, 6.45) is -11.6. The summed E-state index contributed by atoms with van der Waals surface area (Å²) in [6.45, 7) is 6.69. The van der Waals surface area contributed by atoms with Crippen molar-refractivity contribution in [3.8, 4) is 0 Å². The lowest BCUT2D eigenvalue weighted by molar-refractivity contribution is -0.155. The van der Waals surface area contributed by atoms with Gasteiger partial charge in [0.25, 0.3) is 0 Å². The van der Waals surface area contributed by atoms with Gasteiger partial charge >= 0.3 is 53.4 Å². The van der Waals surface area contributed by atoms with Crippen LogP contribution >= 0.6 is 11.6 Å². The molecule has 0 radical (unpaired) electrons. The highest BCUT2D eigenvalue weighted by Gasteiger charge is 2.47. The van der Waals surface area contributed by atoms with Crippen LogP contribution in [0.5, 0.6) is 0 Å². The molecule has 21 nitrogen and oxygen atoms in total. The molecule has 6 aliphatic heterocycles. The molecule has 0 unspecified atom stereocenters. The normalized spacial score (nSPS) is 22.8. The van der Waals surface area contributed by atoms with E-state index in [2.05, 4.69) is 46.3 Å². The number of nitrogens with one attached hydrogen (secondary N) is 6. The number of benzene rings is 6. The van der Waals surface area contributed by atoms with Crippen molar-refractivity contribution in [1.82, 2.24) is 25.8 Å². The van der Waals surface area contributed by atoms with Gasteiger partial charge in [0.1, 0.15) is 0 Å². The molecule has 0 aromatic heterocycles. The second-order valence-electron chi connectivity index (χ2n) is 27.3. The molecule has 12 atom stereocenters. The van der Waals surface area contributed by atoms with Gasteiger partial charge < -0.3 is 76.9 Å². The summed E-state index contributed by atoms with van der Waals surface area (Å²) < 4.78 is 148. The Labute approximate surface area is 632 Å². The summed E-state index contributed by atoms with van der Waals surface area (Å²) in [7, 11) is 7.73. The maximum atomic E-state index is 13.5. The molecule has 0 aliphatic carbocycles. The van der Waals surface area contributed by atoms with Crippen molar-refractivity contribution < 1.29 is 92.0 Å². The molecule has 3 saturated heterocycles. The zero-order valence-electron chi connectivity index (χ0n) is 61.2. The van der Waals surface area contributed by atoms with Crippen molar-refractivity contribution in [1.29, 1.82) is 0 Å². The number of alkyl halides is 9. The number of ether oxygens (including phenoxy) is 5. The molecule has 0 bridgehead atoms. The van der Waals surface area contributed by atoms with Crippen LogP contribution in [0.1, 0.15) is 139 Å². The smallest absolute Gasteiger partial charge is 0.416 e. The lowest BCUT2D eigenvalue weighted by Gasteiger charge is -2.46. The average Bonchev–Trinajstić information content (AvgIpc) is 0.765. The van der Waals surface area contributed by atoms with Crippen molar-refractivity contribution in [2.45, 2.75) is 126 Å². The van der Waals surface area contributed by atoms with Gasteiger partial charge in [-0.15, -0.1) is 0 Å². The number of hydrogen-bond acceptors (Lipinski definition) is 18. The van der Waals surface area contributed by atoms with Gasteiger partial charge in [0, 0.05) is 97.3 Å². The Balaban J connectivity index is 0.000000190. The van der Waals surface area contributed by atoms with Crippen molar-refractivity contribution in [2.24, 2.45) is 29.2 Å². The second-order valence-corrected chi connectivity index (χ2v) is 27.6. The van der Waals surface area contributed by atoms with Crippen LogP contribution in [0, 0.1) is 17.8 Å². The lowest BCUT2D eigenvalue weighted by atomic mass is 9.76. The van der Waals surface area contributed by atoms with E-state index < -0.39 is 94.5 Å². The van der Waals surface area contributed by atoms with E-state index in [0.717, 1.165) is 73.0 Å². The Hall–Kier alpha value is -8.88. The van der Waals surface area contributed by atoms with Gasteiger partial charge in [-0.25, -0.2) is 9.59 Å². The molecule has 0 spiro atoms. The van der Waals surface area contributed by atoms with E-state index >= 15 is 0 Å². The van der Waals surface area contributed by atoms with Crippen LogP contribution in [-0.2, 0) is 71.0 Å². The summed E-state index contributed by atoms with van der Waals surface area (Å²) in [5, 5.41) is 16.9. The zero-order chi connectivity index (χ0) is 79.3. The minimum atomic E-state index is -4.47. The van der Waals surface area contributed by atoms with E-state index in [1.54, 1.807) is 13.8 Å². The quantitative estimate of drug-likeness (QED) is 0.0193. The van der Waals surface area contributed by atoms with Crippen molar-refractivity contribution in [3.05, 3.63) is 196 Å². The van der Waals surface area contributed by atoms with Crippen LogP contribution in [0.2, 0.25) is 0 Å². The lowest BCUT2D eigenvalue weighted by Crippen LogP contribution is -2.47. The van der Waals surface area contributed by atoms with Crippen molar-refractivity contribution in [3.63, 3.8) is 0 Å². The number of halogens is 10. The third-order valence-electron chi connectivity index (χ3n) is 19.2. The van der Waals surface area contributed by atoms with Gasteiger partial charge in [-0.05, 0) is 163 Å². The van der Waals surface area contributed by atoms with Crippen molar-refractivity contribution in [2.75, 3.05) is 103 Å². The summed E-state index contributed by atoms with van der Waals surface area (Å²) in [5.74, 6) is -4.44. The number of likely N-dealkylation sites (N-methyl/N-ethyl adjacent to an activating group) is 2. The number of nitrogens with zero attached hydrogens (tertiary/aromatic N) is 2. The number of carbonyl (C=O) groups excluding carboxylic acids is 6. The Morgan fingerprint density at radius 1 is 0.459 bits per heavy atom. The maximum Gasteiger partial charge on any atom is 0.416 e. The third kappa shape index (κ3) is 23.8. The average molecular weight is 1550 g/mol. The van der Waals surface area contributed by atoms with Gasteiger partial charge in [0.05, 0.1) is 84.7 Å². The SMILES string of the molecule is CCOC(=O)C(=O)Cl.CCOC(=O)C(=O)NC[C@H]1CC[C@@H]2[C@H](O1)c1cc(C(F)(F)F)ccc1N[C@H]2c1ccccc1.CN(C)CCN.CN(C)CCNC(=O)C(=O)NC[C@H]1CC[C@@H]2[C@H](O1)c1cc(C(F)(F)F)ccc1N[C@H]2c1ccccc1.NC[C@H]1CC[C@@H]2[C@H](O1)c1cc(C(F)(F)F)ccc1N[C@H]2c1ccccc1. The first-order chi connectivity index (χ1) is 51.8. The molecule has 12 rings (SSSR count). The van der Waals surface area contributed by atoms with E-state index in [1.165, 1.54) is 24.3 Å². The number of nitrogens with two attached hydrogens (primary N) is 2. The Kier molecular flexibility index (Phi) is 31.2. The van der Waals surface area contributed by atoms with Gasteiger partial charge in [0.2, 0.25) is 0 Å². The Morgan fingerprint density at radius 2 is 0.789 bits per heavy atom. The number of rotatable bonds is 16. The Bertz CT molecular complexity index is 3980. The van der Waals surface area contributed by atoms with E-state index in [4.69, 9.17) is 37.3 Å². The Morgan fingerprint density at radius 3 is 1.09 bits per heavy atom. The van der Waals surface area contributed by atoms with Crippen LogP contribution in [0.4, 0.5) is 56.6 Å². The fourth-order valence-corrected chi connectivity index (χ4v) is 14.0. The fourth-order valence-electron chi connectivity index (χ4n) is 13.9. The minimum Gasteiger partial charge on any atom is -0.459 e. The van der Waals surface area contributed by atoms with E-state index in [9.17, 15) is 68.3 Å². The third-order valence-corrected chi connectivity index (χ3v) is 19.3. The molecule has 10 N–H and O–H groups in total. The molecule has 6 aliphatic rings. The van der Waals surface area contributed by atoms with Crippen LogP contribution in [0.25, 0.3) is 0 Å². The molecule has 0 saturated carbocycles. The number of carbonyl (C=O) groups is 6. The first-order valence-corrected chi connectivity index (χ1v) is 36.3. The molecule has 6 heterocycles. The minimum absolute atomic E-state index is 0.00385. The molecule has 109 heavy (non-hydrogen) atoms. The molecular formula is C78H94ClF9N10O11. The first kappa shape index (κ1) is 85.7. The predicted molar refractivity (Wildman–Crippen MR) is 392 cm³/mol. The molecule has 31 heteroatoms. The van der Waals surface area contributed by atoms with Crippen LogP contribution < -0.4 is 43.4 Å². The highest BCUT2D eigenvalue weighted by Crippen LogP contribution is 2.55. The number of hydrogen-bond donors (Lipinski definition) is 8. The second kappa shape index (κ2) is 39.7. The van der Waals surface area contributed by atoms with Gasteiger partial charge in [-0.1, -0.05) is 91.0 Å². The molecule has 3 amide bonds. The van der Waals surface area contributed by atoms with Gasteiger partial charge in [-0.2, -0.15) is 39.5 Å². The summed E-state index contributed by atoms with van der Waals surface area (Å²) >= 11 is 4.69. The maximum absolute atomic E-state index is 13.5. The number of anilines is 3. The van der Waals surface area contributed by atoms with E-state index in [1.807, 2.05) is 124 Å². The number of fused-ring (bicyclic) bond motifs is 9. The van der Waals surface area contributed by atoms with Crippen LogP contribution in [0.15, 0.2) is 146 Å². The number of esters is 2.